The minimum atomic E-state index is -0.265. The first-order valence-corrected chi connectivity index (χ1v) is 11.7. The van der Waals surface area contributed by atoms with Crippen molar-refractivity contribution < 1.29 is 9.18 Å². The van der Waals surface area contributed by atoms with E-state index in [0.29, 0.717) is 0 Å². The van der Waals surface area contributed by atoms with Gasteiger partial charge in [0, 0.05) is 25.2 Å². The van der Waals surface area contributed by atoms with Gasteiger partial charge in [-0.05, 0) is 92.3 Å². The Labute approximate surface area is 197 Å². The summed E-state index contributed by atoms with van der Waals surface area (Å²) < 4.78 is 13.0. The van der Waals surface area contributed by atoms with Crippen LogP contribution in [0.2, 0.25) is 0 Å². The molecule has 4 rings (SSSR count). The first-order chi connectivity index (χ1) is 15.2. The second kappa shape index (κ2) is 12.2. The molecule has 0 saturated heterocycles. The molecule has 0 unspecified atom stereocenters. The molecular weight excluding hydrogens is 423 g/mol. The van der Waals surface area contributed by atoms with Crippen LogP contribution in [0.15, 0.2) is 54.6 Å². The fraction of sp³-hybridized carbons (Fsp3) is 0.444. The molecule has 1 fully saturated rings. The van der Waals surface area contributed by atoms with Gasteiger partial charge in [-0.15, -0.1) is 12.4 Å². The van der Waals surface area contributed by atoms with E-state index in [1.807, 2.05) is 0 Å². The van der Waals surface area contributed by atoms with Crippen LogP contribution in [0.4, 0.5) is 4.39 Å². The number of hydrogen-bond donors (Lipinski definition) is 1. The van der Waals surface area contributed by atoms with E-state index < -0.39 is 0 Å². The molecule has 32 heavy (non-hydrogen) atoms. The average Bonchev–Trinajstić information content (AvgIpc) is 3.01. The van der Waals surface area contributed by atoms with Gasteiger partial charge < -0.3 is 10.2 Å². The van der Waals surface area contributed by atoms with E-state index in [1.54, 1.807) is 24.3 Å². The molecule has 5 heteroatoms. The summed E-state index contributed by atoms with van der Waals surface area (Å²) in [6.45, 7) is 3.53. The lowest BCUT2D eigenvalue weighted by atomic mass is 9.84. The molecule has 2 aromatic rings. The number of nitrogens with zero attached hydrogens (tertiary/aromatic N) is 1. The number of rotatable bonds is 6. The summed E-state index contributed by atoms with van der Waals surface area (Å²) in [7, 11) is 0. The van der Waals surface area contributed by atoms with Crippen molar-refractivity contribution in [3.63, 3.8) is 0 Å². The number of carbonyl (C=O) groups excluding carboxylic acids is 1. The zero-order valence-corrected chi connectivity index (χ0v) is 19.5. The SMILES string of the molecule is Cl.O=C(/C=C/c1ccc(F)cc1)NC1CCC(CCN2CCc3ccccc3CC2)CC1. The average molecular weight is 457 g/mol. The highest BCUT2D eigenvalue weighted by atomic mass is 35.5. The van der Waals surface area contributed by atoms with Crippen LogP contribution >= 0.6 is 12.4 Å². The Hall–Kier alpha value is -2.17. The molecule has 172 valence electrons. The van der Waals surface area contributed by atoms with E-state index in [1.165, 1.54) is 75.0 Å². The topological polar surface area (TPSA) is 32.3 Å². The highest BCUT2D eigenvalue weighted by Crippen LogP contribution is 2.27. The Morgan fingerprint density at radius 1 is 0.969 bits per heavy atom. The minimum absolute atomic E-state index is 0. The van der Waals surface area contributed by atoms with Crippen LogP contribution in [0, 0.1) is 11.7 Å². The van der Waals surface area contributed by atoms with Crippen LogP contribution in [0.3, 0.4) is 0 Å². The third kappa shape index (κ3) is 7.18. The van der Waals surface area contributed by atoms with E-state index in [-0.39, 0.29) is 30.2 Å². The van der Waals surface area contributed by atoms with Gasteiger partial charge in [0.1, 0.15) is 5.82 Å². The summed E-state index contributed by atoms with van der Waals surface area (Å²) in [6, 6.07) is 15.3. The van der Waals surface area contributed by atoms with E-state index in [4.69, 9.17) is 0 Å². The summed E-state index contributed by atoms with van der Waals surface area (Å²) in [6.07, 6.45) is 11.4. The van der Waals surface area contributed by atoms with Gasteiger partial charge in [0.05, 0.1) is 0 Å². The number of amides is 1. The van der Waals surface area contributed by atoms with Gasteiger partial charge in [0.25, 0.3) is 0 Å². The molecule has 0 aromatic heterocycles. The quantitative estimate of drug-likeness (QED) is 0.588. The van der Waals surface area contributed by atoms with Crippen LogP contribution in [0.5, 0.6) is 0 Å². The summed E-state index contributed by atoms with van der Waals surface area (Å²) >= 11 is 0. The van der Waals surface area contributed by atoms with Gasteiger partial charge in [-0.2, -0.15) is 0 Å². The molecule has 2 aromatic carbocycles. The standard InChI is InChI=1S/C27H33FN2O.ClH/c28-25-10-5-21(6-11-25)9-14-27(31)29-26-12-7-22(8-13-26)15-18-30-19-16-23-3-1-2-4-24(23)17-20-30;/h1-6,9-11,14,22,26H,7-8,12-13,15-20H2,(H,29,31);1H/b14-9+;. The zero-order valence-electron chi connectivity index (χ0n) is 18.6. The Morgan fingerprint density at radius 2 is 1.59 bits per heavy atom. The van der Waals surface area contributed by atoms with Gasteiger partial charge in [-0.1, -0.05) is 36.4 Å². The van der Waals surface area contributed by atoms with Crippen LogP contribution in [-0.2, 0) is 17.6 Å². The maximum Gasteiger partial charge on any atom is 0.244 e. The summed E-state index contributed by atoms with van der Waals surface area (Å²) in [5.41, 5.74) is 3.88. The second-order valence-electron chi connectivity index (χ2n) is 9.01. The van der Waals surface area contributed by atoms with Crippen LogP contribution in [0.25, 0.3) is 6.08 Å². The van der Waals surface area contributed by atoms with E-state index in [2.05, 4.69) is 34.5 Å². The van der Waals surface area contributed by atoms with Gasteiger partial charge in [0.15, 0.2) is 0 Å². The fourth-order valence-electron chi connectivity index (χ4n) is 4.89. The van der Waals surface area contributed by atoms with E-state index >= 15 is 0 Å². The summed E-state index contributed by atoms with van der Waals surface area (Å²) in [4.78, 5) is 14.8. The van der Waals surface area contributed by atoms with E-state index in [9.17, 15) is 9.18 Å². The van der Waals surface area contributed by atoms with Gasteiger partial charge in [0.2, 0.25) is 5.91 Å². The van der Waals surface area contributed by atoms with E-state index in [0.717, 1.165) is 24.3 Å². The third-order valence-electron chi connectivity index (χ3n) is 6.86. The number of benzene rings is 2. The van der Waals surface area contributed by atoms with Gasteiger partial charge in [-0.3, -0.25) is 4.79 Å². The van der Waals surface area contributed by atoms with Crippen LogP contribution < -0.4 is 5.32 Å². The molecule has 1 N–H and O–H groups in total. The van der Waals surface area contributed by atoms with Crippen molar-refractivity contribution in [3.05, 3.63) is 77.1 Å². The Bertz CT molecular complexity index is 864. The number of carbonyl (C=O) groups is 1. The lowest BCUT2D eigenvalue weighted by molar-refractivity contribution is -0.117. The zero-order chi connectivity index (χ0) is 21.5. The molecule has 0 bridgehead atoms. The van der Waals surface area contributed by atoms with Crippen molar-refractivity contribution in [1.29, 1.82) is 0 Å². The molecule has 2 aliphatic rings. The number of fused-ring (bicyclic) bond motifs is 1. The number of halogens is 2. The van der Waals surface area contributed by atoms with Crippen LogP contribution in [-0.4, -0.2) is 36.5 Å². The predicted molar refractivity (Wildman–Crippen MR) is 131 cm³/mol. The highest BCUT2D eigenvalue weighted by molar-refractivity contribution is 5.91. The van der Waals surface area contributed by atoms with Gasteiger partial charge in [-0.25, -0.2) is 4.39 Å². The largest absolute Gasteiger partial charge is 0.350 e. The van der Waals surface area contributed by atoms with Crippen molar-refractivity contribution >= 4 is 24.4 Å². The number of hydrogen-bond acceptors (Lipinski definition) is 2. The monoisotopic (exact) mass is 456 g/mol. The maximum absolute atomic E-state index is 13.0. The van der Waals surface area contributed by atoms with Crippen molar-refractivity contribution in [2.24, 2.45) is 5.92 Å². The smallest absolute Gasteiger partial charge is 0.244 e. The second-order valence-corrected chi connectivity index (χ2v) is 9.01. The van der Waals surface area contributed by atoms with Crippen molar-refractivity contribution in [3.8, 4) is 0 Å². The molecule has 1 aliphatic carbocycles. The molecular formula is C27H34ClFN2O. The molecule has 3 nitrogen and oxygen atoms in total. The third-order valence-corrected chi connectivity index (χ3v) is 6.86. The normalized spacial score (nSPS) is 21.4. The van der Waals surface area contributed by atoms with Gasteiger partial charge >= 0.3 is 0 Å². The molecule has 1 heterocycles. The van der Waals surface area contributed by atoms with Crippen molar-refractivity contribution in [1.82, 2.24) is 10.2 Å². The Morgan fingerprint density at radius 3 is 2.22 bits per heavy atom. The molecule has 1 amide bonds. The number of nitrogens with one attached hydrogen (secondary N) is 1. The summed E-state index contributed by atoms with van der Waals surface area (Å²) in [5.74, 6) is 0.449. The highest BCUT2D eigenvalue weighted by Gasteiger charge is 2.23. The fourth-order valence-corrected chi connectivity index (χ4v) is 4.89. The Kier molecular flexibility index (Phi) is 9.31. The molecule has 0 atom stereocenters. The maximum atomic E-state index is 13.0. The molecule has 0 radical (unpaired) electrons. The first kappa shape index (κ1) is 24.5. The molecule has 1 aliphatic heterocycles. The van der Waals surface area contributed by atoms with Crippen molar-refractivity contribution in [2.45, 2.75) is 51.0 Å². The summed E-state index contributed by atoms with van der Waals surface area (Å²) in [5, 5.41) is 3.13. The van der Waals surface area contributed by atoms with Crippen LogP contribution in [0.1, 0.15) is 48.8 Å². The molecule has 1 saturated carbocycles. The molecule has 0 spiro atoms. The minimum Gasteiger partial charge on any atom is -0.350 e. The van der Waals surface area contributed by atoms with Crippen molar-refractivity contribution in [2.75, 3.05) is 19.6 Å². The first-order valence-electron chi connectivity index (χ1n) is 11.7. The lowest BCUT2D eigenvalue weighted by Gasteiger charge is -2.30. The predicted octanol–water partition coefficient (Wildman–Crippen LogP) is 5.43. The lowest BCUT2D eigenvalue weighted by Crippen LogP contribution is -2.37. The Balaban J connectivity index is 0.00000289.